The molecule has 0 saturated heterocycles. The molecule has 0 aliphatic heterocycles. The van der Waals surface area contributed by atoms with E-state index in [4.69, 9.17) is 8.44 Å². The number of benzene rings is 4. The van der Waals surface area contributed by atoms with E-state index in [1.54, 1.807) is 0 Å². The van der Waals surface area contributed by atoms with Gasteiger partial charge in [-0.1, -0.05) is 0 Å². The third-order valence-corrected chi connectivity index (χ3v) is 11.5. The Morgan fingerprint density at radius 3 is 0.969 bits per heavy atom. The molecule has 0 heterocycles. The van der Waals surface area contributed by atoms with Gasteiger partial charge in [0.2, 0.25) is 0 Å². The molecule has 0 amide bonds. The van der Waals surface area contributed by atoms with Gasteiger partial charge >= 0.3 is 198 Å². The second-order valence-electron chi connectivity index (χ2n) is 7.67. The Morgan fingerprint density at radius 2 is 0.656 bits per heavy atom. The minimum absolute atomic E-state index is 0.479. The fourth-order valence-corrected chi connectivity index (χ4v) is 9.45. The van der Waals surface area contributed by atoms with Crippen LogP contribution >= 0.6 is 0 Å². The van der Waals surface area contributed by atoms with Crippen molar-refractivity contribution in [3.8, 4) is 0 Å². The monoisotopic (exact) mass is 502 g/mol. The van der Waals surface area contributed by atoms with Crippen molar-refractivity contribution in [2.75, 3.05) is 0 Å². The Bertz CT molecular complexity index is 935. The van der Waals surface area contributed by atoms with E-state index in [0.717, 1.165) is 16.7 Å². The Labute approximate surface area is 196 Å². The minimum atomic E-state index is -4.03. The first kappa shape index (κ1) is 22.8. The van der Waals surface area contributed by atoms with Crippen LogP contribution in [0.2, 0.25) is 0 Å². The molecule has 0 aliphatic carbocycles. The molecule has 32 heavy (non-hydrogen) atoms. The van der Waals surface area contributed by atoms with Crippen LogP contribution in [0.15, 0.2) is 121 Å². The van der Waals surface area contributed by atoms with Crippen LogP contribution in [0.25, 0.3) is 0 Å². The molecule has 4 rings (SSSR count). The van der Waals surface area contributed by atoms with Gasteiger partial charge < -0.3 is 0 Å². The Kier molecular flexibility index (Phi) is 8.58. The molecule has 0 N–H and O–H groups in total. The third kappa shape index (κ3) is 7.08. The molecule has 0 aromatic heterocycles. The first-order valence-corrected chi connectivity index (χ1v) is 15.6. The summed E-state index contributed by atoms with van der Waals surface area (Å²) in [4.78, 5) is 0. The maximum atomic E-state index is 6.63. The standard InChI is InChI=1S/3C7H7O.C7H7.Zr/c3*8-6-7-4-2-1-3-5-7;1-7-5-3-2-4-6-7;/h3*1-5H,6H2;2-6H,1H2;/q3*-1;;+3. The van der Waals surface area contributed by atoms with Crippen LogP contribution < -0.4 is 0 Å². The topological polar surface area (TPSA) is 27.7 Å². The Morgan fingerprint density at radius 1 is 0.375 bits per heavy atom. The van der Waals surface area contributed by atoms with E-state index < -0.39 is 21.6 Å². The molecule has 0 saturated carbocycles. The summed E-state index contributed by atoms with van der Waals surface area (Å²) in [5, 5.41) is 0. The van der Waals surface area contributed by atoms with Gasteiger partial charge in [0.25, 0.3) is 0 Å². The van der Waals surface area contributed by atoms with Crippen LogP contribution in [0.4, 0.5) is 0 Å². The van der Waals surface area contributed by atoms with Crippen LogP contribution in [0.3, 0.4) is 0 Å². The van der Waals surface area contributed by atoms with Gasteiger partial charge in [0.1, 0.15) is 0 Å². The number of rotatable bonds is 11. The van der Waals surface area contributed by atoms with Crippen molar-refractivity contribution in [1.29, 1.82) is 0 Å². The summed E-state index contributed by atoms with van der Waals surface area (Å²) in [6.45, 7) is 1.44. The fourth-order valence-electron chi connectivity index (χ4n) is 3.43. The molecule has 0 bridgehead atoms. The summed E-state index contributed by atoms with van der Waals surface area (Å²) in [5.74, 6) is 0. The molecule has 0 atom stereocenters. The van der Waals surface area contributed by atoms with E-state index in [0.29, 0.717) is 23.9 Å². The molecule has 3 nitrogen and oxygen atoms in total. The first-order chi connectivity index (χ1) is 15.8. The van der Waals surface area contributed by atoms with Crippen LogP contribution in [0.1, 0.15) is 22.3 Å². The molecule has 4 aromatic carbocycles. The van der Waals surface area contributed by atoms with Gasteiger partial charge in [-0.15, -0.1) is 0 Å². The van der Waals surface area contributed by atoms with Gasteiger partial charge in [-0.2, -0.15) is 0 Å². The van der Waals surface area contributed by atoms with Crippen LogP contribution in [0, 0.1) is 0 Å². The molecule has 162 valence electrons. The summed E-state index contributed by atoms with van der Waals surface area (Å²) < 4.78 is 20.6. The molecule has 0 radical (unpaired) electrons. The van der Waals surface area contributed by atoms with E-state index in [2.05, 4.69) is 60.7 Å². The normalized spacial score (nSPS) is 11.4. The molecule has 0 spiro atoms. The molecule has 4 aromatic rings. The van der Waals surface area contributed by atoms with Crippen molar-refractivity contribution >= 4 is 0 Å². The zero-order chi connectivity index (χ0) is 21.9. The van der Waals surface area contributed by atoms with E-state index in [1.807, 2.05) is 60.7 Å². The van der Waals surface area contributed by atoms with Gasteiger partial charge in [-0.25, -0.2) is 0 Å². The van der Waals surface area contributed by atoms with Gasteiger partial charge in [-0.3, -0.25) is 0 Å². The van der Waals surface area contributed by atoms with Crippen molar-refractivity contribution in [1.82, 2.24) is 0 Å². The summed E-state index contributed by atoms with van der Waals surface area (Å²) in [6, 6.07) is 41.1. The van der Waals surface area contributed by atoms with E-state index in [1.165, 1.54) is 5.56 Å². The van der Waals surface area contributed by atoms with Crippen molar-refractivity contribution in [3.05, 3.63) is 144 Å². The quantitative estimate of drug-likeness (QED) is 0.227. The third-order valence-electron chi connectivity index (χ3n) is 5.17. The van der Waals surface area contributed by atoms with E-state index >= 15 is 0 Å². The average Bonchev–Trinajstić information content (AvgIpc) is 2.87. The van der Waals surface area contributed by atoms with Crippen molar-refractivity contribution in [2.45, 2.75) is 23.9 Å². The Hall–Kier alpha value is -2.36. The zero-order valence-electron chi connectivity index (χ0n) is 18.1. The summed E-state index contributed by atoms with van der Waals surface area (Å²) in [7, 11) is 0. The second kappa shape index (κ2) is 12.0. The van der Waals surface area contributed by atoms with Gasteiger partial charge in [0.15, 0.2) is 0 Å². The molecule has 0 fully saturated rings. The predicted octanol–water partition coefficient (Wildman–Crippen LogP) is 6.74. The van der Waals surface area contributed by atoms with Crippen molar-refractivity contribution in [2.24, 2.45) is 0 Å². The van der Waals surface area contributed by atoms with Crippen LogP contribution in [0.5, 0.6) is 0 Å². The van der Waals surface area contributed by atoms with Crippen LogP contribution in [-0.4, -0.2) is 0 Å². The zero-order valence-corrected chi connectivity index (χ0v) is 20.6. The SMILES string of the molecule is c1ccc(C[O][Zr]([CH2]c2ccccc2)([O]Cc2ccccc2)[O]Cc2ccccc2)cc1. The van der Waals surface area contributed by atoms with Crippen molar-refractivity contribution in [3.63, 3.8) is 0 Å². The van der Waals surface area contributed by atoms with Gasteiger partial charge in [0, 0.05) is 0 Å². The van der Waals surface area contributed by atoms with Crippen molar-refractivity contribution < 1.29 is 30.0 Å². The molecule has 0 aliphatic rings. The van der Waals surface area contributed by atoms with E-state index in [9.17, 15) is 0 Å². The van der Waals surface area contributed by atoms with Gasteiger partial charge in [0.05, 0.1) is 0 Å². The summed E-state index contributed by atoms with van der Waals surface area (Å²) in [6.07, 6.45) is 0. The average molecular weight is 504 g/mol. The molecule has 4 heteroatoms. The Balaban J connectivity index is 1.59. The number of hydrogen-bond donors (Lipinski definition) is 0. The van der Waals surface area contributed by atoms with E-state index in [-0.39, 0.29) is 0 Å². The molecule has 0 unspecified atom stereocenters. The second-order valence-corrected chi connectivity index (χ2v) is 14.0. The fraction of sp³-hybridized carbons (Fsp3) is 0.143. The van der Waals surface area contributed by atoms with Gasteiger partial charge in [-0.05, 0) is 0 Å². The summed E-state index contributed by atoms with van der Waals surface area (Å²) in [5.41, 5.74) is 4.53. The first-order valence-electron chi connectivity index (χ1n) is 10.9. The maximum absolute atomic E-state index is 6.63. The predicted molar refractivity (Wildman–Crippen MR) is 124 cm³/mol. The molecular weight excluding hydrogens is 476 g/mol. The summed E-state index contributed by atoms with van der Waals surface area (Å²) >= 11 is -4.03. The van der Waals surface area contributed by atoms with Crippen LogP contribution in [-0.2, 0) is 54.0 Å². The number of hydrogen-bond acceptors (Lipinski definition) is 3. The molecular formula is C28H28O3Zr.